The first-order chi connectivity index (χ1) is 57.8. The first-order valence-electron chi connectivity index (χ1n) is 40.5. The number of unbranched alkanes of at least 4 members (excludes halogenated alkanes) is 3. The minimum Gasteiger partial charge on any atom is -0.462 e. The Labute approximate surface area is 707 Å². The maximum atomic E-state index is 12.6. The molecule has 0 N–H and O–H groups in total. The van der Waals surface area contributed by atoms with E-state index in [0.29, 0.717) is 102 Å². The molecule has 0 spiro atoms. The molecule has 7 aliphatic heterocycles. The molecule has 0 bridgehead atoms. The fourth-order valence-corrected chi connectivity index (χ4v) is 10.1. The smallest absolute Gasteiger partial charge is 0.366 e. The third kappa shape index (κ3) is 43.4. The van der Waals surface area contributed by atoms with E-state index in [0.717, 1.165) is 58.3 Å². The average Bonchev–Trinajstić information content (AvgIpc) is 1.56. The Hall–Kier alpha value is -11.1. The van der Waals surface area contributed by atoms with Gasteiger partial charge in [-0.3, -0.25) is 81.6 Å². The molecule has 7 aliphatic rings. The van der Waals surface area contributed by atoms with E-state index >= 15 is 0 Å². The van der Waals surface area contributed by atoms with Crippen molar-refractivity contribution in [3.63, 3.8) is 0 Å². The van der Waals surface area contributed by atoms with Crippen LogP contribution in [0.15, 0.2) is 25.3 Å². The van der Waals surface area contributed by atoms with E-state index in [9.17, 15) is 110 Å². The third-order valence-electron chi connectivity index (χ3n) is 16.6. The number of amides is 14. The van der Waals surface area contributed by atoms with Gasteiger partial charge in [-0.25, -0.2) is 28.8 Å². The number of carbonyl (C=O) groups is 23. The Bertz CT molecular complexity index is 3520. The summed E-state index contributed by atoms with van der Waals surface area (Å²) in [5, 5.41) is 2.97. The number of ketones is 2. The number of ether oxygens (including phenoxy) is 6. The second-order valence-corrected chi connectivity index (χ2v) is 27.2. The molecule has 7 fully saturated rings. The van der Waals surface area contributed by atoms with Gasteiger partial charge in [-0.05, 0) is 72.6 Å². The Kier molecular flexibility index (Phi) is 56.4. The van der Waals surface area contributed by atoms with E-state index in [2.05, 4.69) is 46.0 Å². The number of carbonyl (C=O) groups excluding carboxylic acids is 23. The number of rotatable bonds is 43. The maximum absolute atomic E-state index is 12.6. The molecular weight excluding hydrogens is 1620 g/mol. The Morgan fingerprint density at radius 3 is 1.02 bits per heavy atom. The zero-order valence-electron chi connectivity index (χ0n) is 71.8. The molecular formula is C80H119N7O35. The standard InChI is InChI=1S/C19H33NO7.C16H25NO8.C11H17NO4.C10H13NO5.C9H9NO5.C7H9NO4.C6H9NO2.C2H4/c1-5-10-19(4,18(23)27-20-16(21)8-9-17(20)22)26-14-15(25-12-7-3)13-24-11-6-2;1-3-7-22-10-12(23-8-4-2)11-24-15(20)9-16(21)25-17-13(18)5-6-14(17)19;1-2-3-4-5-6-11(15)16-12-9(13)7-8-10(12)14;1-7(12)3-2-4-10(15)16-11-8(13)5-6-9(11)14;1-5(6(2)11)9(14)15-10-7(12)3-4-8(10)13;1-2-7(11)12-8-5(9)3-4-6(8)10;1-2-7-5(8)3-4-6(7)9;1-2/h15H,5-14H2,1-4H3;12H,3-11H2,1-2H3;2-8H2,1H3;2-6H2,1H3;1,3-4H2,2H3;2-4H2,1H3;2-4H2,1H3;1-2H2. The molecule has 14 amide bonds. The van der Waals surface area contributed by atoms with Gasteiger partial charge in [-0.15, -0.1) is 43.5 Å². The number of hydrogen-bond acceptors (Lipinski definition) is 35. The fourth-order valence-electron chi connectivity index (χ4n) is 10.1. The lowest BCUT2D eigenvalue weighted by atomic mass is 10.0. The van der Waals surface area contributed by atoms with E-state index < -0.39 is 142 Å². The molecule has 7 rings (SSSR count). The summed E-state index contributed by atoms with van der Waals surface area (Å²) in [4.78, 5) is 286. The molecule has 684 valence electrons. The van der Waals surface area contributed by atoms with Gasteiger partial charge in [0.05, 0.1) is 25.4 Å². The summed E-state index contributed by atoms with van der Waals surface area (Å²) in [5.74, 6) is -12.2. The number of imide groups is 7. The van der Waals surface area contributed by atoms with Crippen molar-refractivity contribution in [1.29, 1.82) is 0 Å². The van der Waals surface area contributed by atoms with Crippen molar-refractivity contribution in [2.45, 2.75) is 287 Å². The molecule has 0 saturated carbocycles. The Morgan fingerprint density at radius 2 is 0.697 bits per heavy atom. The quantitative estimate of drug-likeness (QED) is 0.0133. The zero-order chi connectivity index (χ0) is 92.6. The zero-order valence-corrected chi connectivity index (χ0v) is 71.8. The molecule has 0 aromatic rings. The molecule has 3 unspecified atom stereocenters. The number of nitrogens with zero attached hydrogens (tertiary/aromatic N) is 7. The van der Waals surface area contributed by atoms with Crippen molar-refractivity contribution in [2.75, 3.05) is 59.4 Å². The van der Waals surface area contributed by atoms with E-state index in [1.165, 1.54) is 11.8 Å². The van der Waals surface area contributed by atoms with Crippen molar-refractivity contribution >= 4 is 136 Å². The minimum absolute atomic E-state index is 0.00916. The van der Waals surface area contributed by atoms with Gasteiger partial charge in [-0.2, -0.15) is 0 Å². The van der Waals surface area contributed by atoms with E-state index in [4.69, 9.17) is 38.1 Å². The molecule has 42 heteroatoms. The van der Waals surface area contributed by atoms with Gasteiger partial charge in [0.15, 0.2) is 11.4 Å². The van der Waals surface area contributed by atoms with Crippen LogP contribution in [0.1, 0.15) is 269 Å². The van der Waals surface area contributed by atoms with Crippen LogP contribution in [0.25, 0.3) is 0 Å². The molecule has 0 aromatic heterocycles. The van der Waals surface area contributed by atoms with Crippen molar-refractivity contribution in [3.8, 4) is 0 Å². The van der Waals surface area contributed by atoms with Gasteiger partial charge in [0.2, 0.25) is 11.8 Å². The monoisotopic (exact) mass is 1740 g/mol. The summed E-state index contributed by atoms with van der Waals surface area (Å²) in [7, 11) is 0. The van der Waals surface area contributed by atoms with Crippen LogP contribution in [0.3, 0.4) is 0 Å². The average molecular weight is 1740 g/mol. The highest BCUT2D eigenvalue weighted by Gasteiger charge is 2.43. The summed E-state index contributed by atoms with van der Waals surface area (Å²) in [6.45, 7) is 32.2. The summed E-state index contributed by atoms with van der Waals surface area (Å²) >= 11 is 0. The van der Waals surface area contributed by atoms with Crippen LogP contribution >= 0.6 is 0 Å². The number of hydrogen-bond donors (Lipinski definition) is 0. The molecule has 122 heavy (non-hydrogen) atoms. The normalized spacial score (nSPS) is 16.2. The number of likely N-dealkylation sites (tertiary alicyclic amines) is 1. The molecule has 7 heterocycles. The third-order valence-corrected chi connectivity index (χ3v) is 16.6. The predicted molar refractivity (Wildman–Crippen MR) is 416 cm³/mol. The highest BCUT2D eigenvalue weighted by molar-refractivity contribution is 6.16. The lowest BCUT2D eigenvalue weighted by Gasteiger charge is -2.30. The lowest BCUT2D eigenvalue weighted by molar-refractivity contribution is -0.216. The van der Waals surface area contributed by atoms with Crippen LogP contribution < -0.4 is 0 Å². The van der Waals surface area contributed by atoms with Gasteiger partial charge in [-0.1, -0.05) is 80.7 Å². The largest absolute Gasteiger partial charge is 0.462 e. The van der Waals surface area contributed by atoms with Gasteiger partial charge in [0.1, 0.15) is 31.0 Å². The van der Waals surface area contributed by atoms with Gasteiger partial charge in [0, 0.05) is 149 Å². The Balaban J connectivity index is 0.00000143. The first-order valence-corrected chi connectivity index (χ1v) is 40.5. The topological polar surface area (TPSA) is 526 Å². The summed E-state index contributed by atoms with van der Waals surface area (Å²) in [6, 6.07) is 0. The van der Waals surface area contributed by atoms with E-state index in [1.807, 2.05) is 34.6 Å². The summed E-state index contributed by atoms with van der Waals surface area (Å²) in [6.07, 6.45) is 9.67. The molecule has 3 atom stereocenters. The van der Waals surface area contributed by atoms with Crippen LogP contribution in [0.4, 0.5) is 0 Å². The maximum Gasteiger partial charge on any atom is 0.366 e. The lowest BCUT2D eigenvalue weighted by Crippen LogP contribution is -2.46. The number of Topliss-reactive ketones (excluding diaryl/α,β-unsaturated/α-hetero) is 2. The van der Waals surface area contributed by atoms with Gasteiger partial charge < -0.3 is 62.2 Å². The van der Waals surface area contributed by atoms with E-state index in [-0.39, 0.29) is 146 Å². The van der Waals surface area contributed by atoms with Crippen molar-refractivity contribution < 1.29 is 168 Å². The second kappa shape index (κ2) is 62.1. The summed E-state index contributed by atoms with van der Waals surface area (Å²) < 4.78 is 33.0. The van der Waals surface area contributed by atoms with Crippen LogP contribution in [0.2, 0.25) is 0 Å². The van der Waals surface area contributed by atoms with Crippen LogP contribution in [-0.2, 0) is 168 Å². The predicted octanol–water partition coefficient (Wildman–Crippen LogP) is 5.76. The SMILES string of the molecule is C=C.C=C(C(C)=O)C(=O)ON1C(=O)CCC1=O.CC(=O)CCCC(=O)ON1C(=O)CCC1=O.CCC(=O)ON1C(=O)CCC1=O.CCCCCCC(=O)ON1C(=O)CCC1=O.CCCOCC(COC(=O)CC(=O)ON1C(=O)CCC1=O)OCCC.CCCOCC(COC(C)(CCC)C(=O)ON1C(=O)CCC1=O)OCCC.CCN1C(=O)CCC1=O. The van der Waals surface area contributed by atoms with Gasteiger partial charge >= 0.3 is 41.8 Å². The minimum atomic E-state index is -1.28. The Morgan fingerprint density at radius 1 is 0.361 bits per heavy atom. The van der Waals surface area contributed by atoms with Crippen molar-refractivity contribution in [2.24, 2.45) is 0 Å². The molecule has 0 aromatic carbocycles. The first kappa shape index (κ1) is 111. The van der Waals surface area contributed by atoms with Crippen LogP contribution in [0.5, 0.6) is 0 Å². The fraction of sp³-hybridized carbons (Fsp3) is 0.662. The van der Waals surface area contributed by atoms with Crippen molar-refractivity contribution in [1.82, 2.24) is 35.3 Å². The van der Waals surface area contributed by atoms with Crippen molar-refractivity contribution in [3.05, 3.63) is 25.3 Å². The van der Waals surface area contributed by atoms with E-state index in [1.54, 1.807) is 20.8 Å². The molecule has 0 aliphatic carbocycles. The molecule has 7 saturated heterocycles. The summed E-state index contributed by atoms with van der Waals surface area (Å²) in [5.41, 5.74) is -1.68. The molecule has 42 nitrogen and oxygen atoms in total. The van der Waals surface area contributed by atoms with Crippen LogP contribution in [-0.4, -0.2) is 249 Å². The second-order valence-electron chi connectivity index (χ2n) is 27.2. The highest BCUT2D eigenvalue weighted by Crippen LogP contribution is 2.25. The van der Waals surface area contributed by atoms with Crippen LogP contribution in [0, 0.1) is 0 Å². The highest BCUT2D eigenvalue weighted by atomic mass is 16.8. The van der Waals surface area contributed by atoms with Gasteiger partial charge in [0.25, 0.3) is 70.9 Å². The number of hydroxylamine groups is 12. The molecule has 0 radical (unpaired) electrons. The number of esters is 1.